The highest BCUT2D eigenvalue weighted by Crippen LogP contribution is 2.18. The lowest BCUT2D eigenvalue weighted by atomic mass is 10.2. The SMILES string of the molecule is CC#CCCNC(=O)c1c(F)cccc1Cl. The van der Waals surface area contributed by atoms with Crippen LogP contribution in [0.2, 0.25) is 5.02 Å². The lowest BCUT2D eigenvalue weighted by molar-refractivity contribution is 0.0950. The molecule has 0 fully saturated rings. The normalized spacial score (nSPS) is 9.19. The van der Waals surface area contributed by atoms with Crippen LogP contribution < -0.4 is 5.32 Å². The second kappa shape index (κ2) is 6.14. The molecule has 0 unspecified atom stereocenters. The number of nitrogens with one attached hydrogen (secondary N) is 1. The third kappa shape index (κ3) is 3.25. The molecule has 0 saturated heterocycles. The molecule has 1 amide bonds. The smallest absolute Gasteiger partial charge is 0.255 e. The quantitative estimate of drug-likeness (QED) is 0.638. The van der Waals surface area contributed by atoms with Crippen LogP contribution in [0.4, 0.5) is 4.39 Å². The lowest BCUT2D eigenvalue weighted by Gasteiger charge is -2.05. The summed E-state index contributed by atoms with van der Waals surface area (Å²) >= 11 is 5.74. The van der Waals surface area contributed by atoms with Crippen LogP contribution in [0.3, 0.4) is 0 Å². The first-order chi connectivity index (χ1) is 7.66. The van der Waals surface area contributed by atoms with Crippen molar-refractivity contribution in [2.75, 3.05) is 6.54 Å². The fourth-order valence-electron chi connectivity index (χ4n) is 1.17. The number of hydrogen-bond acceptors (Lipinski definition) is 1. The van der Waals surface area contributed by atoms with Gasteiger partial charge in [-0.2, -0.15) is 0 Å². The minimum Gasteiger partial charge on any atom is -0.351 e. The maximum Gasteiger partial charge on any atom is 0.255 e. The summed E-state index contributed by atoms with van der Waals surface area (Å²) in [6.45, 7) is 2.10. The topological polar surface area (TPSA) is 29.1 Å². The first kappa shape index (κ1) is 12.5. The van der Waals surface area contributed by atoms with Crippen LogP contribution in [-0.2, 0) is 0 Å². The molecule has 1 aromatic rings. The molecular formula is C12H11ClFNO. The Hall–Kier alpha value is -1.53. The molecule has 0 spiro atoms. The van der Waals surface area contributed by atoms with E-state index in [2.05, 4.69) is 17.2 Å². The molecule has 2 nitrogen and oxygen atoms in total. The number of benzene rings is 1. The first-order valence-electron chi connectivity index (χ1n) is 4.78. The summed E-state index contributed by atoms with van der Waals surface area (Å²) in [7, 11) is 0. The highest BCUT2D eigenvalue weighted by Gasteiger charge is 2.14. The van der Waals surface area contributed by atoms with Crippen LogP contribution in [-0.4, -0.2) is 12.5 Å². The van der Waals surface area contributed by atoms with E-state index in [0.29, 0.717) is 13.0 Å². The molecule has 0 bridgehead atoms. The van der Waals surface area contributed by atoms with Crippen LogP contribution in [0.25, 0.3) is 0 Å². The molecule has 0 radical (unpaired) electrons. The van der Waals surface area contributed by atoms with Crippen LogP contribution >= 0.6 is 11.6 Å². The van der Waals surface area contributed by atoms with Crippen molar-refractivity contribution in [1.29, 1.82) is 0 Å². The van der Waals surface area contributed by atoms with E-state index in [4.69, 9.17) is 11.6 Å². The molecule has 1 rings (SSSR count). The monoisotopic (exact) mass is 239 g/mol. The maximum absolute atomic E-state index is 13.3. The summed E-state index contributed by atoms with van der Waals surface area (Å²) in [5, 5.41) is 2.66. The predicted molar refractivity (Wildman–Crippen MR) is 61.8 cm³/mol. The summed E-state index contributed by atoms with van der Waals surface area (Å²) in [5.74, 6) is 4.36. The molecule has 1 aromatic carbocycles. The van der Waals surface area contributed by atoms with Gasteiger partial charge in [-0.25, -0.2) is 4.39 Å². The Kier molecular flexibility index (Phi) is 4.81. The zero-order valence-electron chi connectivity index (χ0n) is 8.81. The van der Waals surface area contributed by atoms with Gasteiger partial charge in [0.2, 0.25) is 0 Å². The number of amides is 1. The van der Waals surface area contributed by atoms with E-state index < -0.39 is 11.7 Å². The molecule has 0 aromatic heterocycles. The summed E-state index contributed by atoms with van der Waals surface area (Å²) in [6.07, 6.45) is 0.536. The minimum atomic E-state index is -0.619. The van der Waals surface area contributed by atoms with Gasteiger partial charge in [-0.05, 0) is 19.1 Å². The van der Waals surface area contributed by atoms with E-state index in [1.165, 1.54) is 18.2 Å². The standard InChI is InChI=1S/C12H11ClFNO/c1-2-3-4-8-15-12(16)11-9(13)6-5-7-10(11)14/h5-7H,4,8H2,1H3,(H,15,16). The van der Waals surface area contributed by atoms with Crippen LogP contribution in [0.5, 0.6) is 0 Å². The van der Waals surface area contributed by atoms with Crippen LogP contribution in [0.1, 0.15) is 23.7 Å². The largest absolute Gasteiger partial charge is 0.351 e. The molecule has 0 aliphatic rings. The Balaban J connectivity index is 2.68. The average Bonchev–Trinajstić information content (AvgIpc) is 2.24. The van der Waals surface area contributed by atoms with E-state index in [0.717, 1.165) is 0 Å². The van der Waals surface area contributed by atoms with E-state index in [1.54, 1.807) is 6.92 Å². The number of rotatable bonds is 3. The Morgan fingerprint density at radius 1 is 1.56 bits per heavy atom. The Bertz CT molecular complexity index is 428. The molecular weight excluding hydrogens is 229 g/mol. The van der Waals surface area contributed by atoms with Crippen molar-refractivity contribution in [3.63, 3.8) is 0 Å². The van der Waals surface area contributed by atoms with Gasteiger partial charge in [-0.3, -0.25) is 4.79 Å². The van der Waals surface area contributed by atoms with Crippen molar-refractivity contribution in [1.82, 2.24) is 5.32 Å². The zero-order chi connectivity index (χ0) is 12.0. The lowest BCUT2D eigenvalue weighted by Crippen LogP contribution is -2.25. The number of carbonyl (C=O) groups excluding carboxylic acids is 1. The summed E-state index contributed by atoms with van der Waals surface area (Å²) in [6, 6.07) is 4.13. The fourth-order valence-corrected chi connectivity index (χ4v) is 1.42. The molecule has 1 N–H and O–H groups in total. The maximum atomic E-state index is 13.3. The molecule has 16 heavy (non-hydrogen) atoms. The van der Waals surface area contributed by atoms with Crippen molar-refractivity contribution >= 4 is 17.5 Å². The minimum absolute atomic E-state index is 0.110. The third-order valence-electron chi connectivity index (χ3n) is 1.90. The summed E-state index contributed by atoms with van der Waals surface area (Å²) in [4.78, 5) is 11.6. The van der Waals surface area contributed by atoms with Crippen molar-refractivity contribution < 1.29 is 9.18 Å². The fraction of sp³-hybridized carbons (Fsp3) is 0.250. The summed E-state index contributed by atoms with van der Waals surface area (Å²) < 4.78 is 13.3. The van der Waals surface area contributed by atoms with E-state index in [1.807, 2.05) is 0 Å². The number of carbonyl (C=O) groups is 1. The van der Waals surface area contributed by atoms with Gasteiger partial charge < -0.3 is 5.32 Å². The molecule has 0 heterocycles. The Morgan fingerprint density at radius 2 is 2.31 bits per heavy atom. The van der Waals surface area contributed by atoms with Gasteiger partial charge >= 0.3 is 0 Å². The van der Waals surface area contributed by atoms with Crippen molar-refractivity contribution in [3.05, 3.63) is 34.6 Å². The van der Waals surface area contributed by atoms with Gasteiger partial charge in [-0.1, -0.05) is 17.7 Å². The van der Waals surface area contributed by atoms with Gasteiger partial charge in [0.15, 0.2) is 0 Å². The van der Waals surface area contributed by atoms with Crippen molar-refractivity contribution in [2.24, 2.45) is 0 Å². The Labute approximate surface area is 98.8 Å². The van der Waals surface area contributed by atoms with Gasteiger partial charge in [0.1, 0.15) is 5.82 Å². The first-order valence-corrected chi connectivity index (χ1v) is 5.16. The van der Waals surface area contributed by atoms with Gasteiger partial charge in [0.25, 0.3) is 5.91 Å². The van der Waals surface area contributed by atoms with Gasteiger partial charge in [0, 0.05) is 13.0 Å². The highest BCUT2D eigenvalue weighted by molar-refractivity contribution is 6.33. The average molecular weight is 240 g/mol. The molecule has 4 heteroatoms. The predicted octanol–water partition coefficient (Wildman–Crippen LogP) is 2.62. The third-order valence-corrected chi connectivity index (χ3v) is 2.22. The van der Waals surface area contributed by atoms with Gasteiger partial charge in [-0.15, -0.1) is 11.8 Å². The second-order valence-electron chi connectivity index (χ2n) is 3.03. The molecule has 0 aliphatic heterocycles. The van der Waals surface area contributed by atoms with E-state index in [9.17, 15) is 9.18 Å². The second-order valence-corrected chi connectivity index (χ2v) is 3.44. The van der Waals surface area contributed by atoms with Crippen molar-refractivity contribution in [3.8, 4) is 11.8 Å². The highest BCUT2D eigenvalue weighted by atomic mass is 35.5. The van der Waals surface area contributed by atoms with Crippen LogP contribution in [0.15, 0.2) is 18.2 Å². The molecule has 84 valence electrons. The summed E-state index contributed by atoms with van der Waals surface area (Å²) in [5.41, 5.74) is -0.117. The zero-order valence-corrected chi connectivity index (χ0v) is 9.57. The van der Waals surface area contributed by atoms with E-state index >= 15 is 0 Å². The molecule has 0 atom stereocenters. The van der Waals surface area contributed by atoms with Crippen molar-refractivity contribution in [2.45, 2.75) is 13.3 Å². The van der Waals surface area contributed by atoms with Crippen LogP contribution in [0, 0.1) is 17.7 Å². The van der Waals surface area contributed by atoms with Gasteiger partial charge in [0.05, 0.1) is 10.6 Å². The molecule has 0 aliphatic carbocycles. The van der Waals surface area contributed by atoms with E-state index in [-0.39, 0.29) is 10.6 Å². The number of hydrogen-bond donors (Lipinski definition) is 1. The Morgan fingerprint density at radius 3 is 2.94 bits per heavy atom. The number of halogens is 2. The molecule has 0 saturated carbocycles.